The predicted octanol–water partition coefficient (Wildman–Crippen LogP) is 1.07. The SMILES string of the molecule is Cc1ccnc(-n2cc([N+](=O)[O-])cn2)c1N. The van der Waals surface area contributed by atoms with Gasteiger partial charge in [-0.3, -0.25) is 10.1 Å². The van der Waals surface area contributed by atoms with Crippen LogP contribution in [0.15, 0.2) is 24.7 Å². The number of rotatable bonds is 2. The average molecular weight is 219 g/mol. The molecule has 2 N–H and O–H groups in total. The molecular formula is C9H9N5O2. The van der Waals surface area contributed by atoms with Crippen molar-refractivity contribution >= 4 is 11.4 Å². The molecule has 0 bridgehead atoms. The van der Waals surface area contributed by atoms with Crippen molar-refractivity contribution in [1.82, 2.24) is 14.8 Å². The molecule has 2 heterocycles. The molecular weight excluding hydrogens is 210 g/mol. The molecule has 0 atom stereocenters. The van der Waals surface area contributed by atoms with Crippen molar-refractivity contribution in [2.24, 2.45) is 0 Å². The van der Waals surface area contributed by atoms with Crippen molar-refractivity contribution in [2.45, 2.75) is 6.92 Å². The summed E-state index contributed by atoms with van der Waals surface area (Å²) in [6.07, 6.45) is 4.01. The van der Waals surface area contributed by atoms with Crippen molar-refractivity contribution < 1.29 is 4.92 Å². The second kappa shape index (κ2) is 3.61. The Morgan fingerprint density at radius 1 is 1.56 bits per heavy atom. The van der Waals surface area contributed by atoms with Crippen molar-refractivity contribution in [2.75, 3.05) is 5.73 Å². The van der Waals surface area contributed by atoms with Gasteiger partial charge in [0.1, 0.15) is 12.4 Å². The van der Waals surface area contributed by atoms with Gasteiger partial charge in [-0.2, -0.15) is 5.10 Å². The van der Waals surface area contributed by atoms with E-state index in [-0.39, 0.29) is 5.69 Å². The summed E-state index contributed by atoms with van der Waals surface area (Å²) >= 11 is 0. The van der Waals surface area contributed by atoms with Crippen LogP contribution < -0.4 is 5.73 Å². The molecule has 0 fully saturated rings. The van der Waals surface area contributed by atoms with Crippen molar-refractivity contribution in [1.29, 1.82) is 0 Å². The van der Waals surface area contributed by atoms with Gasteiger partial charge in [0.2, 0.25) is 0 Å². The van der Waals surface area contributed by atoms with E-state index >= 15 is 0 Å². The second-order valence-corrected chi connectivity index (χ2v) is 3.27. The van der Waals surface area contributed by atoms with Crippen LogP contribution in [0.25, 0.3) is 5.82 Å². The number of pyridine rings is 1. The molecule has 16 heavy (non-hydrogen) atoms. The number of nitrogens with two attached hydrogens (primary N) is 1. The number of anilines is 1. The Kier molecular flexibility index (Phi) is 2.28. The van der Waals surface area contributed by atoms with Crippen LogP contribution >= 0.6 is 0 Å². The maximum absolute atomic E-state index is 10.5. The Balaban J connectivity index is 2.50. The van der Waals surface area contributed by atoms with Crippen LogP contribution in [0.5, 0.6) is 0 Å². The van der Waals surface area contributed by atoms with Gasteiger partial charge in [-0.1, -0.05) is 0 Å². The summed E-state index contributed by atoms with van der Waals surface area (Å²) in [7, 11) is 0. The van der Waals surface area contributed by atoms with E-state index in [1.165, 1.54) is 10.9 Å². The minimum atomic E-state index is -0.518. The van der Waals surface area contributed by atoms with Gasteiger partial charge >= 0.3 is 5.69 Å². The molecule has 0 unspecified atom stereocenters. The Hall–Kier alpha value is -2.44. The van der Waals surface area contributed by atoms with Crippen LogP contribution in [-0.4, -0.2) is 19.7 Å². The zero-order chi connectivity index (χ0) is 11.7. The number of nitrogens with zero attached hydrogens (tertiary/aromatic N) is 4. The van der Waals surface area contributed by atoms with E-state index in [9.17, 15) is 10.1 Å². The van der Waals surface area contributed by atoms with E-state index in [1.807, 2.05) is 6.92 Å². The molecule has 0 aliphatic carbocycles. The molecule has 0 saturated heterocycles. The van der Waals surface area contributed by atoms with Crippen LogP contribution in [0.1, 0.15) is 5.56 Å². The highest BCUT2D eigenvalue weighted by atomic mass is 16.6. The molecule has 0 saturated carbocycles. The van der Waals surface area contributed by atoms with E-state index in [0.29, 0.717) is 11.5 Å². The number of hydrogen-bond donors (Lipinski definition) is 1. The third-order valence-corrected chi connectivity index (χ3v) is 2.18. The van der Waals surface area contributed by atoms with Gasteiger partial charge in [-0.15, -0.1) is 0 Å². The van der Waals surface area contributed by atoms with Crippen molar-refractivity contribution in [3.63, 3.8) is 0 Å². The second-order valence-electron chi connectivity index (χ2n) is 3.27. The topological polar surface area (TPSA) is 99.9 Å². The summed E-state index contributed by atoms with van der Waals surface area (Å²) in [4.78, 5) is 14.0. The number of nitrogen functional groups attached to an aromatic ring is 1. The van der Waals surface area contributed by atoms with Gasteiger partial charge < -0.3 is 5.73 Å². The van der Waals surface area contributed by atoms with Crippen LogP contribution in [0.3, 0.4) is 0 Å². The smallest absolute Gasteiger partial charge is 0.307 e. The van der Waals surface area contributed by atoms with E-state index in [0.717, 1.165) is 11.8 Å². The fourth-order valence-corrected chi connectivity index (χ4v) is 1.26. The zero-order valence-electron chi connectivity index (χ0n) is 8.49. The lowest BCUT2D eigenvalue weighted by Gasteiger charge is -2.05. The normalized spacial score (nSPS) is 10.3. The first-order valence-corrected chi connectivity index (χ1v) is 4.50. The van der Waals surface area contributed by atoms with E-state index in [4.69, 9.17) is 5.73 Å². The average Bonchev–Trinajstić information content (AvgIpc) is 2.71. The zero-order valence-corrected chi connectivity index (χ0v) is 8.49. The fourth-order valence-electron chi connectivity index (χ4n) is 1.26. The van der Waals surface area contributed by atoms with Gasteiger partial charge in [0.05, 0.1) is 10.6 Å². The summed E-state index contributed by atoms with van der Waals surface area (Å²) in [5.41, 5.74) is 7.02. The lowest BCUT2D eigenvalue weighted by atomic mass is 10.2. The molecule has 0 aliphatic rings. The Morgan fingerprint density at radius 2 is 2.31 bits per heavy atom. The highest BCUT2D eigenvalue weighted by Gasteiger charge is 2.12. The number of aryl methyl sites for hydroxylation is 1. The number of nitro groups is 1. The van der Waals surface area contributed by atoms with Crippen LogP contribution in [0.2, 0.25) is 0 Å². The molecule has 7 heteroatoms. The third kappa shape index (κ3) is 1.58. The minimum absolute atomic E-state index is 0.0947. The maximum atomic E-state index is 10.5. The standard InChI is InChI=1S/C9H9N5O2/c1-6-2-3-11-9(8(6)10)13-5-7(4-12-13)14(15)16/h2-5H,10H2,1H3. The molecule has 0 radical (unpaired) electrons. The fraction of sp³-hybridized carbons (Fsp3) is 0.111. The predicted molar refractivity (Wildman–Crippen MR) is 57.2 cm³/mol. The third-order valence-electron chi connectivity index (χ3n) is 2.18. The quantitative estimate of drug-likeness (QED) is 0.601. The first kappa shape index (κ1) is 10.1. The van der Waals surface area contributed by atoms with Gasteiger partial charge in [-0.05, 0) is 18.6 Å². The maximum Gasteiger partial charge on any atom is 0.307 e. The molecule has 0 aliphatic heterocycles. The molecule has 0 amide bonds. The van der Waals surface area contributed by atoms with Crippen LogP contribution in [-0.2, 0) is 0 Å². The summed E-state index contributed by atoms with van der Waals surface area (Å²) < 4.78 is 1.29. The van der Waals surface area contributed by atoms with Crippen molar-refractivity contribution in [3.05, 3.63) is 40.3 Å². The monoisotopic (exact) mass is 219 g/mol. The van der Waals surface area contributed by atoms with Crippen LogP contribution in [0, 0.1) is 17.0 Å². The molecule has 2 rings (SSSR count). The highest BCUT2D eigenvalue weighted by Crippen LogP contribution is 2.19. The van der Waals surface area contributed by atoms with E-state index < -0.39 is 4.92 Å². The number of aromatic nitrogens is 3. The number of hydrogen-bond acceptors (Lipinski definition) is 5. The summed E-state index contributed by atoms with van der Waals surface area (Å²) in [5.74, 6) is 0.396. The summed E-state index contributed by atoms with van der Waals surface area (Å²) in [6, 6.07) is 1.76. The van der Waals surface area contributed by atoms with Gasteiger partial charge in [-0.25, -0.2) is 9.67 Å². The molecule has 2 aromatic rings. The first-order chi connectivity index (χ1) is 7.59. The Morgan fingerprint density at radius 3 is 2.94 bits per heavy atom. The summed E-state index contributed by atoms with van der Waals surface area (Å²) in [5, 5.41) is 14.3. The molecule has 0 aromatic carbocycles. The van der Waals surface area contributed by atoms with Gasteiger partial charge in [0.25, 0.3) is 0 Å². The summed E-state index contributed by atoms with van der Waals surface area (Å²) in [6.45, 7) is 1.83. The Bertz CT molecular complexity index is 549. The van der Waals surface area contributed by atoms with E-state index in [1.54, 1.807) is 12.3 Å². The minimum Gasteiger partial charge on any atom is -0.395 e. The largest absolute Gasteiger partial charge is 0.395 e. The Labute approximate surface area is 90.7 Å². The highest BCUT2D eigenvalue weighted by molar-refractivity contribution is 5.58. The molecule has 2 aromatic heterocycles. The van der Waals surface area contributed by atoms with Gasteiger partial charge in [0.15, 0.2) is 5.82 Å². The molecule has 7 nitrogen and oxygen atoms in total. The molecule has 82 valence electrons. The molecule has 0 spiro atoms. The first-order valence-electron chi connectivity index (χ1n) is 4.50. The van der Waals surface area contributed by atoms with Gasteiger partial charge in [0, 0.05) is 6.20 Å². The lowest BCUT2D eigenvalue weighted by molar-refractivity contribution is -0.384. The van der Waals surface area contributed by atoms with Crippen molar-refractivity contribution in [3.8, 4) is 5.82 Å². The van der Waals surface area contributed by atoms with E-state index in [2.05, 4.69) is 10.1 Å². The lowest BCUT2D eigenvalue weighted by Crippen LogP contribution is -2.04. The van der Waals surface area contributed by atoms with Crippen LogP contribution in [0.4, 0.5) is 11.4 Å².